The summed E-state index contributed by atoms with van der Waals surface area (Å²) in [7, 11) is -4.08. The zero-order chi connectivity index (χ0) is 14.9. The van der Waals surface area contributed by atoms with Crippen molar-refractivity contribution in [2.75, 3.05) is 6.61 Å². The van der Waals surface area contributed by atoms with Gasteiger partial charge >= 0.3 is 0 Å². The van der Waals surface area contributed by atoms with Crippen LogP contribution >= 0.6 is 0 Å². The van der Waals surface area contributed by atoms with Crippen LogP contribution in [-0.2, 0) is 10.0 Å². The number of aryl methyl sites for hydroxylation is 1. The second kappa shape index (κ2) is 5.37. The smallest absolute Gasteiger partial charge is 0.271 e. The number of nitrogens with zero attached hydrogens (tertiary/aromatic N) is 1. The van der Waals surface area contributed by atoms with Crippen molar-refractivity contribution >= 4 is 15.7 Å². The van der Waals surface area contributed by atoms with Crippen molar-refractivity contribution in [1.82, 2.24) is 0 Å². The van der Waals surface area contributed by atoms with Crippen molar-refractivity contribution in [2.24, 2.45) is 11.1 Å². The highest BCUT2D eigenvalue weighted by atomic mass is 32.2. The van der Waals surface area contributed by atoms with Crippen molar-refractivity contribution in [3.63, 3.8) is 0 Å². The molecule has 0 aromatic heterocycles. The first kappa shape index (κ1) is 14.7. The number of nitro groups is 1. The van der Waals surface area contributed by atoms with E-state index in [1.54, 1.807) is 6.92 Å². The zero-order valence-electron chi connectivity index (χ0n) is 11.0. The Labute approximate surface area is 116 Å². The molecule has 1 aliphatic carbocycles. The molecule has 0 aliphatic heterocycles. The fraction of sp³-hybridized carbons (Fsp3) is 0.500. The summed E-state index contributed by atoms with van der Waals surface area (Å²) in [4.78, 5) is 9.81. The topological polar surface area (TPSA) is 113 Å². The van der Waals surface area contributed by atoms with Crippen LogP contribution in [0.3, 0.4) is 0 Å². The van der Waals surface area contributed by atoms with Gasteiger partial charge in [0.2, 0.25) is 10.0 Å². The van der Waals surface area contributed by atoms with Crippen molar-refractivity contribution in [3.8, 4) is 5.75 Å². The number of nitrogens with two attached hydrogens (primary N) is 1. The molecule has 2 rings (SSSR count). The molecule has 0 unspecified atom stereocenters. The predicted molar refractivity (Wildman–Crippen MR) is 72.0 cm³/mol. The van der Waals surface area contributed by atoms with Gasteiger partial charge in [0.05, 0.1) is 11.5 Å². The molecule has 1 aromatic carbocycles. The van der Waals surface area contributed by atoms with E-state index in [9.17, 15) is 18.5 Å². The second-order valence-electron chi connectivity index (χ2n) is 5.00. The number of ether oxygens (including phenoxy) is 1. The summed E-state index contributed by atoms with van der Waals surface area (Å²) in [5.41, 5.74) is 0.0741. The Morgan fingerprint density at radius 3 is 2.55 bits per heavy atom. The molecule has 0 amide bonds. The van der Waals surface area contributed by atoms with E-state index in [2.05, 4.69) is 0 Å². The molecule has 0 heterocycles. The van der Waals surface area contributed by atoms with E-state index in [-0.39, 0.29) is 16.3 Å². The first-order chi connectivity index (χ1) is 9.29. The van der Waals surface area contributed by atoms with Crippen LogP contribution in [-0.4, -0.2) is 19.9 Å². The molecule has 0 bridgehead atoms. The number of hydrogen-bond donors (Lipinski definition) is 1. The molecule has 1 saturated carbocycles. The Balaban J connectivity index is 2.39. The lowest BCUT2D eigenvalue weighted by atomic mass is 9.86. The van der Waals surface area contributed by atoms with Crippen LogP contribution in [0.4, 0.5) is 5.69 Å². The maximum absolute atomic E-state index is 11.6. The fourth-order valence-corrected chi connectivity index (χ4v) is 2.85. The summed E-state index contributed by atoms with van der Waals surface area (Å²) in [5.74, 6) is 0.530. The average Bonchev–Trinajstić information content (AvgIpc) is 2.26. The molecule has 0 radical (unpaired) electrons. The average molecular weight is 300 g/mol. The highest BCUT2D eigenvalue weighted by Gasteiger charge is 2.25. The van der Waals surface area contributed by atoms with Crippen molar-refractivity contribution in [3.05, 3.63) is 27.8 Å². The second-order valence-corrected chi connectivity index (χ2v) is 6.53. The van der Waals surface area contributed by atoms with Crippen molar-refractivity contribution in [1.29, 1.82) is 0 Å². The first-order valence-corrected chi connectivity index (χ1v) is 7.78. The van der Waals surface area contributed by atoms with Crippen LogP contribution in [0.2, 0.25) is 0 Å². The van der Waals surface area contributed by atoms with Crippen LogP contribution in [0, 0.1) is 23.0 Å². The van der Waals surface area contributed by atoms with Crippen LogP contribution in [0.25, 0.3) is 0 Å². The molecule has 1 fully saturated rings. The summed E-state index contributed by atoms with van der Waals surface area (Å²) in [6.07, 6.45) is 3.25. The highest BCUT2D eigenvalue weighted by Crippen LogP contribution is 2.34. The number of non-ortho nitro benzene ring substituents is 1. The molecular weight excluding hydrogens is 284 g/mol. The van der Waals surface area contributed by atoms with Gasteiger partial charge in [0.25, 0.3) is 5.69 Å². The molecular formula is C12H16N2O5S. The Hall–Kier alpha value is -1.67. The SMILES string of the molecule is Cc1cc([N+](=O)[O-])cc(S(N)(=O)=O)c1OCC1CCC1. The normalized spacial score (nSPS) is 15.7. The van der Waals surface area contributed by atoms with E-state index in [0.29, 0.717) is 18.1 Å². The third-order valence-electron chi connectivity index (χ3n) is 3.43. The Kier molecular flexibility index (Phi) is 3.96. The first-order valence-electron chi connectivity index (χ1n) is 6.23. The standard InChI is InChI=1S/C12H16N2O5S/c1-8-5-10(14(15)16)6-11(20(13,17)18)12(8)19-7-9-3-2-4-9/h5-6,9H,2-4,7H2,1H3,(H2,13,17,18). The van der Waals surface area contributed by atoms with Gasteiger partial charge in [0, 0.05) is 12.1 Å². The summed E-state index contributed by atoms with van der Waals surface area (Å²) in [6.45, 7) is 1.97. The number of hydrogen-bond acceptors (Lipinski definition) is 5. The van der Waals surface area contributed by atoms with Gasteiger partial charge in [0.15, 0.2) is 0 Å². The lowest BCUT2D eigenvalue weighted by Gasteiger charge is -2.26. The van der Waals surface area contributed by atoms with E-state index in [0.717, 1.165) is 25.3 Å². The summed E-state index contributed by atoms with van der Waals surface area (Å²) < 4.78 is 28.7. The Morgan fingerprint density at radius 1 is 1.45 bits per heavy atom. The third kappa shape index (κ3) is 3.07. The molecule has 1 aromatic rings. The van der Waals surface area contributed by atoms with Crippen molar-refractivity contribution in [2.45, 2.75) is 31.1 Å². The van der Waals surface area contributed by atoms with Gasteiger partial charge in [-0.2, -0.15) is 0 Å². The van der Waals surface area contributed by atoms with Gasteiger partial charge in [0.1, 0.15) is 10.6 Å². The van der Waals surface area contributed by atoms with Crippen LogP contribution in [0.1, 0.15) is 24.8 Å². The number of primary sulfonamides is 1. The Bertz CT molecular complexity index is 637. The zero-order valence-corrected chi connectivity index (χ0v) is 11.9. The lowest BCUT2D eigenvalue weighted by Crippen LogP contribution is -2.21. The van der Waals surface area contributed by atoms with Crippen molar-refractivity contribution < 1.29 is 18.1 Å². The minimum absolute atomic E-state index is 0.116. The minimum Gasteiger partial charge on any atom is -0.492 e. The van der Waals surface area contributed by atoms with Crippen LogP contribution in [0.15, 0.2) is 17.0 Å². The number of nitro benzene ring substituents is 1. The summed E-state index contributed by atoms with van der Waals surface area (Å²) in [5, 5.41) is 15.9. The lowest BCUT2D eigenvalue weighted by molar-refractivity contribution is -0.385. The maximum atomic E-state index is 11.6. The number of benzene rings is 1. The molecule has 2 N–H and O–H groups in total. The third-order valence-corrected chi connectivity index (χ3v) is 4.35. The largest absolute Gasteiger partial charge is 0.492 e. The van der Waals surface area contributed by atoms with Gasteiger partial charge in [-0.25, -0.2) is 13.6 Å². The number of rotatable bonds is 5. The van der Waals surface area contributed by atoms with Gasteiger partial charge < -0.3 is 4.74 Å². The molecule has 0 saturated heterocycles. The summed E-state index contributed by atoms with van der Waals surface area (Å²) >= 11 is 0. The minimum atomic E-state index is -4.08. The highest BCUT2D eigenvalue weighted by molar-refractivity contribution is 7.89. The molecule has 8 heteroatoms. The summed E-state index contributed by atoms with van der Waals surface area (Å²) in [6, 6.07) is 2.23. The van der Waals surface area contributed by atoms with Crippen LogP contribution in [0.5, 0.6) is 5.75 Å². The molecule has 1 aliphatic rings. The molecule has 7 nitrogen and oxygen atoms in total. The van der Waals surface area contributed by atoms with E-state index in [1.165, 1.54) is 6.07 Å². The monoisotopic (exact) mass is 300 g/mol. The molecule has 20 heavy (non-hydrogen) atoms. The quantitative estimate of drug-likeness (QED) is 0.657. The van der Waals surface area contributed by atoms with Crippen LogP contribution < -0.4 is 9.88 Å². The molecule has 0 atom stereocenters. The fourth-order valence-electron chi connectivity index (χ4n) is 2.09. The van der Waals surface area contributed by atoms with Gasteiger partial charge in [-0.3, -0.25) is 10.1 Å². The maximum Gasteiger partial charge on any atom is 0.271 e. The van der Waals surface area contributed by atoms with E-state index >= 15 is 0 Å². The van der Waals surface area contributed by atoms with Gasteiger partial charge in [-0.15, -0.1) is 0 Å². The van der Waals surface area contributed by atoms with E-state index in [4.69, 9.17) is 9.88 Å². The Morgan fingerprint density at radius 2 is 2.10 bits per heavy atom. The van der Waals surface area contributed by atoms with Gasteiger partial charge in [-0.1, -0.05) is 6.42 Å². The predicted octanol–water partition coefficient (Wildman–Crippen LogP) is 1.73. The van der Waals surface area contributed by atoms with E-state index in [1.807, 2.05) is 0 Å². The van der Waals surface area contributed by atoms with E-state index < -0.39 is 14.9 Å². The molecule has 110 valence electrons. The van der Waals surface area contributed by atoms with Gasteiger partial charge in [-0.05, 0) is 31.2 Å². The molecule has 0 spiro atoms. The number of sulfonamides is 1.